The minimum atomic E-state index is -3.69. The van der Waals surface area contributed by atoms with E-state index in [0.717, 1.165) is 5.56 Å². The van der Waals surface area contributed by atoms with Crippen LogP contribution < -0.4 is 0 Å². The van der Waals surface area contributed by atoms with Gasteiger partial charge in [-0.25, -0.2) is 0 Å². The average Bonchev–Trinajstić information content (AvgIpc) is 2.15. The van der Waals surface area contributed by atoms with Crippen molar-refractivity contribution in [1.82, 2.24) is 0 Å². The van der Waals surface area contributed by atoms with Crippen LogP contribution in [-0.4, -0.2) is 28.7 Å². The van der Waals surface area contributed by atoms with Crippen molar-refractivity contribution >= 4 is 10.1 Å². The molecule has 0 bridgehead atoms. The predicted molar refractivity (Wildman–Crippen MR) is 65.7 cm³/mol. The molecule has 1 aromatic carbocycles. The molecule has 0 heterocycles. The van der Waals surface area contributed by atoms with Gasteiger partial charge in [-0.1, -0.05) is 17.7 Å². The van der Waals surface area contributed by atoms with Crippen LogP contribution in [0, 0.1) is 20.8 Å². The van der Waals surface area contributed by atoms with Crippen LogP contribution in [0.15, 0.2) is 17.0 Å². The molecule has 0 saturated heterocycles. The van der Waals surface area contributed by atoms with E-state index in [0.29, 0.717) is 11.1 Å². The Morgan fingerprint density at radius 2 is 1.59 bits per heavy atom. The van der Waals surface area contributed by atoms with Gasteiger partial charge in [-0.3, -0.25) is 4.18 Å². The third-order valence-electron chi connectivity index (χ3n) is 2.38. The summed E-state index contributed by atoms with van der Waals surface area (Å²) in [5.41, 5.74) is 2.45. The lowest BCUT2D eigenvalue weighted by atomic mass is 10.1. The van der Waals surface area contributed by atoms with Gasteiger partial charge in [0.1, 0.15) is 0 Å². The minimum absolute atomic E-state index is 0.0333. The smallest absolute Gasteiger partial charge is 0.297 e. The van der Waals surface area contributed by atoms with Crippen LogP contribution >= 0.6 is 0 Å². The monoisotopic (exact) mass is 258 g/mol. The Kier molecular flexibility index (Phi) is 4.68. The van der Waals surface area contributed by atoms with E-state index in [1.807, 2.05) is 19.1 Å². The van der Waals surface area contributed by atoms with Gasteiger partial charge >= 0.3 is 0 Å². The highest BCUT2D eigenvalue weighted by Crippen LogP contribution is 2.23. The van der Waals surface area contributed by atoms with Crippen LogP contribution in [0.2, 0.25) is 0 Å². The van der Waals surface area contributed by atoms with Crippen LogP contribution in [0.25, 0.3) is 0 Å². The first-order valence-corrected chi connectivity index (χ1v) is 6.75. The Hall–Kier alpha value is -0.910. The quantitative estimate of drug-likeness (QED) is 0.598. The van der Waals surface area contributed by atoms with E-state index in [9.17, 15) is 8.42 Å². The first kappa shape index (κ1) is 14.2. The number of hydrogen-bond donors (Lipinski definition) is 0. The van der Waals surface area contributed by atoms with E-state index in [1.165, 1.54) is 7.11 Å². The molecule has 0 atom stereocenters. The molecular weight excluding hydrogens is 240 g/mol. The SMILES string of the molecule is COCCOS(=O)(=O)c1c(C)cc(C)cc1C. The third-order valence-corrected chi connectivity index (χ3v) is 4.00. The Morgan fingerprint density at radius 1 is 1.06 bits per heavy atom. The number of methoxy groups -OCH3 is 1. The molecule has 0 saturated carbocycles. The summed E-state index contributed by atoms with van der Waals surface area (Å²) in [6, 6.07) is 3.67. The summed E-state index contributed by atoms with van der Waals surface area (Å²) in [5.74, 6) is 0. The van der Waals surface area contributed by atoms with E-state index >= 15 is 0 Å². The molecule has 4 nitrogen and oxygen atoms in total. The number of hydrogen-bond acceptors (Lipinski definition) is 4. The van der Waals surface area contributed by atoms with E-state index in [1.54, 1.807) is 13.8 Å². The summed E-state index contributed by atoms with van der Waals surface area (Å²) in [7, 11) is -2.19. The molecule has 1 rings (SSSR count). The highest BCUT2D eigenvalue weighted by atomic mass is 32.2. The van der Waals surface area contributed by atoms with Crippen LogP contribution in [-0.2, 0) is 19.0 Å². The molecule has 0 aliphatic rings. The van der Waals surface area contributed by atoms with Gasteiger partial charge in [0.15, 0.2) is 0 Å². The fraction of sp³-hybridized carbons (Fsp3) is 0.500. The molecule has 17 heavy (non-hydrogen) atoms. The molecule has 0 radical (unpaired) electrons. The summed E-state index contributed by atoms with van der Waals surface area (Å²) < 4.78 is 33.6. The zero-order chi connectivity index (χ0) is 13.1. The lowest BCUT2D eigenvalue weighted by molar-refractivity contribution is 0.149. The van der Waals surface area contributed by atoms with Gasteiger partial charge in [0.05, 0.1) is 18.1 Å². The lowest BCUT2D eigenvalue weighted by Gasteiger charge is -2.11. The largest absolute Gasteiger partial charge is 0.382 e. The molecule has 5 heteroatoms. The Bertz CT molecular complexity index is 468. The molecule has 96 valence electrons. The standard InChI is InChI=1S/C12H18O4S/c1-9-7-10(2)12(11(3)8-9)17(13,14)16-6-5-15-4/h7-8H,5-6H2,1-4H3. The topological polar surface area (TPSA) is 52.6 Å². The minimum Gasteiger partial charge on any atom is -0.382 e. The molecular formula is C12H18O4S. The normalized spacial score (nSPS) is 11.8. The third kappa shape index (κ3) is 3.52. The highest BCUT2D eigenvalue weighted by Gasteiger charge is 2.20. The van der Waals surface area contributed by atoms with Crippen molar-refractivity contribution in [2.45, 2.75) is 25.7 Å². The van der Waals surface area contributed by atoms with Crippen LogP contribution in [0.4, 0.5) is 0 Å². The van der Waals surface area contributed by atoms with Crippen molar-refractivity contribution in [3.63, 3.8) is 0 Å². The fourth-order valence-corrected chi connectivity index (χ4v) is 3.16. The first-order valence-electron chi connectivity index (χ1n) is 5.34. The summed E-state index contributed by atoms with van der Waals surface area (Å²) >= 11 is 0. The molecule has 1 aromatic rings. The molecule has 0 aromatic heterocycles. The van der Waals surface area contributed by atoms with Gasteiger partial charge < -0.3 is 4.74 Å². The summed E-state index contributed by atoms with van der Waals surface area (Å²) in [6.07, 6.45) is 0. The second kappa shape index (κ2) is 5.62. The van der Waals surface area contributed by atoms with E-state index in [-0.39, 0.29) is 18.1 Å². The van der Waals surface area contributed by atoms with Crippen molar-refractivity contribution in [2.75, 3.05) is 20.3 Å². The van der Waals surface area contributed by atoms with Crippen molar-refractivity contribution < 1.29 is 17.3 Å². The van der Waals surface area contributed by atoms with Crippen LogP contribution in [0.1, 0.15) is 16.7 Å². The maximum absolute atomic E-state index is 12.0. The maximum Gasteiger partial charge on any atom is 0.297 e. The maximum atomic E-state index is 12.0. The molecule has 0 aliphatic heterocycles. The molecule has 0 amide bonds. The number of ether oxygens (including phenoxy) is 1. The number of aryl methyl sites for hydroxylation is 3. The Morgan fingerprint density at radius 3 is 2.06 bits per heavy atom. The molecule has 0 unspecified atom stereocenters. The fourth-order valence-electron chi connectivity index (χ4n) is 1.85. The van der Waals surface area contributed by atoms with Gasteiger partial charge in [0.25, 0.3) is 10.1 Å². The second-order valence-corrected chi connectivity index (χ2v) is 5.55. The number of benzene rings is 1. The summed E-state index contributed by atoms with van der Waals surface area (Å²) in [6.45, 7) is 5.76. The highest BCUT2D eigenvalue weighted by molar-refractivity contribution is 7.86. The second-order valence-electron chi connectivity index (χ2n) is 4.00. The van der Waals surface area contributed by atoms with E-state index < -0.39 is 10.1 Å². The van der Waals surface area contributed by atoms with Gasteiger partial charge in [-0.15, -0.1) is 0 Å². The van der Waals surface area contributed by atoms with Crippen molar-refractivity contribution in [3.05, 3.63) is 28.8 Å². The zero-order valence-corrected chi connectivity index (χ0v) is 11.4. The first-order chi connectivity index (χ1) is 7.88. The zero-order valence-electron chi connectivity index (χ0n) is 10.6. The summed E-state index contributed by atoms with van der Waals surface area (Å²) in [5, 5.41) is 0. The van der Waals surface area contributed by atoms with Crippen molar-refractivity contribution in [2.24, 2.45) is 0 Å². The molecule has 0 spiro atoms. The molecule has 0 aliphatic carbocycles. The summed E-state index contributed by atoms with van der Waals surface area (Å²) in [4.78, 5) is 0.263. The molecule has 0 N–H and O–H groups in total. The Balaban J connectivity index is 3.07. The molecule has 0 fully saturated rings. The lowest BCUT2D eigenvalue weighted by Crippen LogP contribution is -2.13. The van der Waals surface area contributed by atoms with Gasteiger partial charge in [-0.2, -0.15) is 8.42 Å². The van der Waals surface area contributed by atoms with Crippen LogP contribution in [0.3, 0.4) is 0 Å². The van der Waals surface area contributed by atoms with Gasteiger partial charge in [0, 0.05) is 7.11 Å². The predicted octanol–water partition coefficient (Wildman–Crippen LogP) is 1.96. The average molecular weight is 258 g/mol. The number of rotatable bonds is 5. The van der Waals surface area contributed by atoms with Crippen LogP contribution in [0.5, 0.6) is 0 Å². The van der Waals surface area contributed by atoms with Gasteiger partial charge in [0.2, 0.25) is 0 Å². The van der Waals surface area contributed by atoms with E-state index in [4.69, 9.17) is 8.92 Å². The Labute approximate surface area is 103 Å². The van der Waals surface area contributed by atoms with Crippen molar-refractivity contribution in [1.29, 1.82) is 0 Å². The van der Waals surface area contributed by atoms with Crippen molar-refractivity contribution in [3.8, 4) is 0 Å². The van der Waals surface area contributed by atoms with Gasteiger partial charge in [-0.05, 0) is 31.9 Å². The van der Waals surface area contributed by atoms with E-state index in [2.05, 4.69) is 0 Å².